The normalized spacial score (nSPS) is 10.6. The van der Waals surface area contributed by atoms with Crippen LogP contribution >= 0.6 is 0 Å². The Bertz CT molecular complexity index is 830. The van der Waals surface area contributed by atoms with Gasteiger partial charge in [0.25, 0.3) is 0 Å². The number of unbranched alkanes of at least 4 members (excludes halogenated alkanes) is 5. The number of carbonyl (C=O) groups excluding carboxylic acids is 2. The van der Waals surface area contributed by atoms with Crippen LogP contribution in [0.15, 0.2) is 24.3 Å². The third-order valence-corrected chi connectivity index (χ3v) is 4.62. The Labute approximate surface area is 183 Å². The number of carbonyl (C=O) groups is 2. The zero-order chi connectivity index (χ0) is 23.7. The van der Waals surface area contributed by atoms with Crippen LogP contribution in [0.2, 0.25) is 0 Å². The van der Waals surface area contributed by atoms with Crippen LogP contribution in [-0.4, -0.2) is 55.8 Å². The Morgan fingerprint density at radius 3 is 1.12 bits per heavy atom. The maximum Gasteiger partial charge on any atom is 0.338 e. The molecule has 2 rings (SSSR count). The van der Waals surface area contributed by atoms with Crippen molar-refractivity contribution in [3.8, 4) is 34.5 Å². The Hall–Kier alpha value is -3.82. The summed E-state index contributed by atoms with van der Waals surface area (Å²) in [4.78, 5) is 23.7. The van der Waals surface area contributed by atoms with E-state index in [2.05, 4.69) is 0 Å². The fourth-order valence-corrected chi connectivity index (χ4v) is 2.85. The van der Waals surface area contributed by atoms with Crippen LogP contribution in [0.4, 0.5) is 0 Å². The van der Waals surface area contributed by atoms with Crippen LogP contribution in [0.25, 0.3) is 0 Å². The first-order valence-corrected chi connectivity index (χ1v) is 10.0. The molecule has 0 unspecified atom stereocenters. The van der Waals surface area contributed by atoms with Crippen LogP contribution in [0.5, 0.6) is 34.5 Å². The molecular weight excluding hydrogens is 424 g/mol. The smallest absolute Gasteiger partial charge is 0.338 e. The molecule has 10 nitrogen and oxygen atoms in total. The predicted molar refractivity (Wildman–Crippen MR) is 111 cm³/mol. The second-order valence-corrected chi connectivity index (χ2v) is 7.12. The number of hydrogen-bond donors (Lipinski definition) is 6. The van der Waals surface area contributed by atoms with Gasteiger partial charge >= 0.3 is 11.9 Å². The van der Waals surface area contributed by atoms with Crippen LogP contribution in [0.3, 0.4) is 0 Å². The fraction of sp³-hybridized carbons (Fsp3) is 0.364. The molecule has 32 heavy (non-hydrogen) atoms. The number of esters is 2. The molecule has 0 fully saturated rings. The van der Waals surface area contributed by atoms with E-state index in [4.69, 9.17) is 9.47 Å². The molecule has 0 heterocycles. The molecule has 0 aliphatic rings. The maximum absolute atomic E-state index is 11.9. The lowest BCUT2D eigenvalue weighted by atomic mass is 10.1. The SMILES string of the molecule is O=C(OCCCCCCCCOC(=O)c1cc(O)c(O)c(O)c1)c1cc(O)c(O)c(O)c1. The summed E-state index contributed by atoms with van der Waals surface area (Å²) < 4.78 is 10.1. The minimum atomic E-state index is -0.715. The van der Waals surface area contributed by atoms with E-state index in [1.807, 2.05) is 0 Å². The highest BCUT2D eigenvalue weighted by atomic mass is 16.5. The molecule has 0 spiro atoms. The van der Waals surface area contributed by atoms with Crippen LogP contribution in [-0.2, 0) is 9.47 Å². The quantitative estimate of drug-likeness (QED) is 0.169. The van der Waals surface area contributed by atoms with Crippen molar-refractivity contribution in [2.75, 3.05) is 13.2 Å². The summed E-state index contributed by atoms with van der Waals surface area (Å²) in [6, 6.07) is 4.04. The van der Waals surface area contributed by atoms with E-state index < -0.39 is 46.4 Å². The summed E-state index contributed by atoms with van der Waals surface area (Å²) in [5, 5.41) is 56.2. The van der Waals surface area contributed by atoms with Crippen LogP contribution in [0, 0.1) is 0 Å². The number of phenols is 6. The first-order valence-electron chi connectivity index (χ1n) is 10.0. The third-order valence-electron chi connectivity index (χ3n) is 4.62. The largest absolute Gasteiger partial charge is 0.504 e. The minimum absolute atomic E-state index is 0.0647. The zero-order valence-electron chi connectivity index (χ0n) is 17.3. The minimum Gasteiger partial charge on any atom is -0.504 e. The van der Waals surface area contributed by atoms with Crippen molar-refractivity contribution in [1.29, 1.82) is 0 Å². The lowest BCUT2D eigenvalue weighted by molar-refractivity contribution is 0.0483. The molecule has 6 N–H and O–H groups in total. The summed E-state index contributed by atoms with van der Waals surface area (Å²) in [7, 11) is 0. The van der Waals surface area contributed by atoms with E-state index >= 15 is 0 Å². The summed E-state index contributed by atoms with van der Waals surface area (Å²) >= 11 is 0. The van der Waals surface area contributed by atoms with Crippen molar-refractivity contribution in [3.63, 3.8) is 0 Å². The van der Waals surface area contributed by atoms with Crippen molar-refractivity contribution < 1.29 is 49.7 Å². The maximum atomic E-state index is 11.9. The molecule has 2 aromatic rings. The van der Waals surface area contributed by atoms with Gasteiger partial charge in [-0.25, -0.2) is 9.59 Å². The fourth-order valence-electron chi connectivity index (χ4n) is 2.85. The zero-order valence-corrected chi connectivity index (χ0v) is 17.3. The monoisotopic (exact) mass is 450 g/mol. The molecule has 0 aliphatic heterocycles. The lowest BCUT2D eigenvalue weighted by Gasteiger charge is -2.08. The van der Waals surface area contributed by atoms with Crippen molar-refractivity contribution in [2.45, 2.75) is 38.5 Å². The van der Waals surface area contributed by atoms with Gasteiger partial charge in [-0.1, -0.05) is 25.7 Å². The second-order valence-electron chi connectivity index (χ2n) is 7.12. The van der Waals surface area contributed by atoms with Gasteiger partial charge in [0.15, 0.2) is 34.5 Å². The molecule has 0 amide bonds. The van der Waals surface area contributed by atoms with Gasteiger partial charge in [-0.3, -0.25) is 0 Å². The molecule has 0 saturated heterocycles. The number of hydrogen-bond acceptors (Lipinski definition) is 10. The topological polar surface area (TPSA) is 174 Å². The Morgan fingerprint density at radius 1 is 0.531 bits per heavy atom. The molecule has 174 valence electrons. The highest BCUT2D eigenvalue weighted by Gasteiger charge is 2.15. The summed E-state index contributed by atoms with van der Waals surface area (Å²) in [6.07, 6.45) is 4.64. The number of phenolic OH excluding ortho intramolecular Hbond substituents is 6. The van der Waals surface area contributed by atoms with E-state index in [-0.39, 0.29) is 24.3 Å². The van der Waals surface area contributed by atoms with Crippen molar-refractivity contribution in [1.82, 2.24) is 0 Å². The first kappa shape index (κ1) is 24.4. The summed E-state index contributed by atoms with van der Waals surface area (Å²) in [5.41, 5.74) is -0.129. The Balaban J connectivity index is 1.54. The molecule has 0 atom stereocenters. The average Bonchev–Trinajstić information content (AvgIpc) is 2.75. The highest BCUT2D eigenvalue weighted by molar-refractivity contribution is 5.91. The highest BCUT2D eigenvalue weighted by Crippen LogP contribution is 2.36. The lowest BCUT2D eigenvalue weighted by Crippen LogP contribution is -2.07. The summed E-state index contributed by atoms with van der Waals surface area (Å²) in [6.45, 7) is 0.344. The van der Waals surface area contributed by atoms with Gasteiger partial charge in [0, 0.05) is 0 Å². The average molecular weight is 450 g/mol. The van der Waals surface area contributed by atoms with Crippen molar-refractivity contribution >= 4 is 11.9 Å². The number of benzene rings is 2. The molecule has 0 aromatic heterocycles. The van der Waals surface area contributed by atoms with E-state index in [9.17, 15) is 40.2 Å². The molecule has 0 radical (unpaired) electrons. The van der Waals surface area contributed by atoms with Gasteiger partial charge in [-0.15, -0.1) is 0 Å². The standard InChI is InChI=1S/C22H26O10/c23-15-9-13(10-16(24)19(15)27)21(29)31-7-5-3-1-2-4-6-8-32-22(30)14-11-17(25)20(28)18(26)12-14/h9-12,23-28H,1-8H2. The molecule has 0 saturated carbocycles. The Morgan fingerprint density at radius 2 is 0.812 bits per heavy atom. The van der Waals surface area contributed by atoms with E-state index in [0.717, 1.165) is 49.9 Å². The van der Waals surface area contributed by atoms with Crippen LogP contribution in [0.1, 0.15) is 59.2 Å². The van der Waals surface area contributed by atoms with Gasteiger partial charge in [-0.2, -0.15) is 0 Å². The van der Waals surface area contributed by atoms with Gasteiger partial charge in [-0.05, 0) is 37.1 Å². The van der Waals surface area contributed by atoms with E-state index in [1.54, 1.807) is 0 Å². The van der Waals surface area contributed by atoms with E-state index in [0.29, 0.717) is 12.8 Å². The molecule has 0 bridgehead atoms. The third kappa shape index (κ3) is 6.86. The summed E-state index contributed by atoms with van der Waals surface area (Å²) in [5.74, 6) is -5.26. The number of ether oxygens (including phenoxy) is 2. The van der Waals surface area contributed by atoms with Gasteiger partial charge in [0.2, 0.25) is 0 Å². The second kappa shape index (κ2) is 11.5. The number of rotatable bonds is 11. The molecule has 0 aliphatic carbocycles. The number of aromatic hydroxyl groups is 6. The Kier molecular flexibility index (Phi) is 8.82. The molecule has 10 heteroatoms. The van der Waals surface area contributed by atoms with Gasteiger partial charge < -0.3 is 40.1 Å². The predicted octanol–water partition coefficient (Wildman–Crippen LogP) is 3.27. The van der Waals surface area contributed by atoms with Gasteiger partial charge in [0.1, 0.15) is 0 Å². The molecule has 2 aromatic carbocycles. The van der Waals surface area contributed by atoms with Crippen molar-refractivity contribution in [3.05, 3.63) is 35.4 Å². The van der Waals surface area contributed by atoms with Crippen LogP contribution < -0.4 is 0 Å². The molecular formula is C22H26O10. The van der Waals surface area contributed by atoms with E-state index in [1.165, 1.54) is 0 Å². The van der Waals surface area contributed by atoms with Crippen molar-refractivity contribution in [2.24, 2.45) is 0 Å². The first-order chi connectivity index (χ1) is 15.2. The van der Waals surface area contributed by atoms with Gasteiger partial charge in [0.05, 0.1) is 24.3 Å².